The second-order valence-electron chi connectivity index (χ2n) is 7.66. The summed E-state index contributed by atoms with van der Waals surface area (Å²) < 4.78 is 5.51. The molecule has 164 valence electrons. The molecule has 2 heterocycles. The number of nitrogens with one attached hydrogen (secondary N) is 2. The number of carbonyl (C=O) groups excluding carboxylic acids is 2. The van der Waals surface area contributed by atoms with Crippen LogP contribution in [0, 0.1) is 0 Å². The first kappa shape index (κ1) is 22.5. The summed E-state index contributed by atoms with van der Waals surface area (Å²) in [5.41, 5.74) is 2.47. The number of H-pyrrole nitrogens is 1. The van der Waals surface area contributed by atoms with Gasteiger partial charge in [0, 0.05) is 25.2 Å². The van der Waals surface area contributed by atoms with Gasteiger partial charge >= 0.3 is 0 Å². The van der Waals surface area contributed by atoms with E-state index in [9.17, 15) is 9.59 Å². The highest BCUT2D eigenvalue weighted by atomic mass is 16.5. The molecule has 3 rings (SSSR count). The van der Waals surface area contributed by atoms with Crippen molar-refractivity contribution >= 4 is 22.6 Å². The summed E-state index contributed by atoms with van der Waals surface area (Å²) >= 11 is 0. The summed E-state index contributed by atoms with van der Waals surface area (Å²) in [7, 11) is 1.60. The molecule has 0 saturated carbocycles. The van der Waals surface area contributed by atoms with E-state index in [0.29, 0.717) is 30.3 Å². The van der Waals surface area contributed by atoms with Crippen molar-refractivity contribution in [3.8, 4) is 17.1 Å². The Balaban J connectivity index is 1.76. The highest BCUT2D eigenvalue weighted by molar-refractivity contribution is 5.85. The average Bonchev–Trinajstić information content (AvgIpc) is 3.26. The molecule has 0 radical (unpaired) electrons. The van der Waals surface area contributed by atoms with E-state index in [0.717, 1.165) is 47.8 Å². The van der Waals surface area contributed by atoms with Crippen LogP contribution in [0.2, 0.25) is 0 Å². The number of fused-ring (bicyclic) bond motifs is 1. The number of hydrogen-bond acceptors (Lipinski definition) is 5. The number of unbranched alkanes of at least 4 members (excludes halogenated alkanes) is 2. The number of carbonyl (C=O) groups is 2. The van der Waals surface area contributed by atoms with E-state index in [4.69, 9.17) is 4.74 Å². The van der Waals surface area contributed by atoms with Gasteiger partial charge in [-0.05, 0) is 25.0 Å². The number of pyridine rings is 1. The predicted molar refractivity (Wildman–Crippen MR) is 121 cm³/mol. The van der Waals surface area contributed by atoms with Crippen LogP contribution in [0.4, 0.5) is 0 Å². The first-order valence-corrected chi connectivity index (χ1v) is 10.8. The average molecular weight is 423 g/mol. The number of methoxy groups -OCH3 is 1. The van der Waals surface area contributed by atoms with E-state index in [-0.39, 0.29) is 11.9 Å². The van der Waals surface area contributed by atoms with Crippen LogP contribution in [0.15, 0.2) is 36.5 Å². The smallest absolute Gasteiger partial charge is 0.223 e. The van der Waals surface area contributed by atoms with E-state index >= 15 is 0 Å². The number of aromatic amines is 1. The number of hydrogen-bond donors (Lipinski definition) is 2. The van der Waals surface area contributed by atoms with Crippen LogP contribution < -0.4 is 10.1 Å². The molecule has 0 saturated heterocycles. The summed E-state index contributed by atoms with van der Waals surface area (Å²) in [5.74, 6) is 1.41. The number of imidazole rings is 1. The monoisotopic (exact) mass is 422 g/mol. The number of rotatable bonds is 11. The van der Waals surface area contributed by atoms with Gasteiger partial charge in [0.1, 0.15) is 11.6 Å². The van der Waals surface area contributed by atoms with Crippen LogP contribution in [0.3, 0.4) is 0 Å². The SMILES string of the molecule is CCC(=O)CCCCC[C@H](NC(C)=O)c1ncc(-c2cc3ccccc3nc2OC)[nH]1. The van der Waals surface area contributed by atoms with Gasteiger partial charge in [0.05, 0.1) is 36.1 Å². The van der Waals surface area contributed by atoms with Crippen molar-refractivity contribution in [2.45, 2.75) is 58.4 Å². The zero-order valence-electron chi connectivity index (χ0n) is 18.4. The van der Waals surface area contributed by atoms with Crippen LogP contribution in [-0.2, 0) is 9.59 Å². The largest absolute Gasteiger partial charge is 0.480 e. The molecule has 2 aromatic heterocycles. The molecule has 0 aliphatic carbocycles. The maximum atomic E-state index is 11.7. The number of aromatic nitrogens is 3. The fourth-order valence-electron chi connectivity index (χ4n) is 3.64. The molecule has 7 heteroatoms. The fraction of sp³-hybridized carbons (Fsp3) is 0.417. The van der Waals surface area contributed by atoms with Crippen molar-refractivity contribution in [3.05, 3.63) is 42.4 Å². The lowest BCUT2D eigenvalue weighted by Gasteiger charge is -2.15. The first-order valence-electron chi connectivity index (χ1n) is 10.8. The molecule has 0 bridgehead atoms. The molecule has 1 atom stereocenters. The van der Waals surface area contributed by atoms with E-state index in [1.165, 1.54) is 6.92 Å². The van der Waals surface area contributed by atoms with E-state index in [1.54, 1.807) is 13.3 Å². The Hall–Kier alpha value is -3.22. The van der Waals surface area contributed by atoms with Crippen LogP contribution in [0.1, 0.15) is 64.2 Å². The van der Waals surface area contributed by atoms with E-state index in [2.05, 4.69) is 20.3 Å². The Kier molecular flexibility index (Phi) is 7.76. The quantitative estimate of drug-likeness (QED) is 0.435. The maximum Gasteiger partial charge on any atom is 0.223 e. The van der Waals surface area contributed by atoms with Crippen LogP contribution in [0.25, 0.3) is 22.2 Å². The Morgan fingerprint density at radius 1 is 1.19 bits per heavy atom. The van der Waals surface area contributed by atoms with Gasteiger partial charge in [0.15, 0.2) is 0 Å². The maximum absolute atomic E-state index is 11.7. The Morgan fingerprint density at radius 2 is 2.00 bits per heavy atom. The summed E-state index contributed by atoms with van der Waals surface area (Å²) in [5, 5.41) is 3.99. The van der Waals surface area contributed by atoms with Crippen molar-refractivity contribution in [2.75, 3.05) is 7.11 Å². The molecule has 1 aromatic carbocycles. The number of amides is 1. The first-order chi connectivity index (χ1) is 15.0. The van der Waals surface area contributed by atoms with Crippen LogP contribution >= 0.6 is 0 Å². The number of ether oxygens (including phenoxy) is 1. The Morgan fingerprint density at radius 3 is 2.74 bits per heavy atom. The molecule has 0 fully saturated rings. The fourth-order valence-corrected chi connectivity index (χ4v) is 3.64. The minimum absolute atomic E-state index is 0.103. The molecular formula is C24H30N4O3. The van der Waals surface area contributed by atoms with Gasteiger partial charge < -0.3 is 15.0 Å². The number of nitrogens with zero attached hydrogens (tertiary/aromatic N) is 2. The molecule has 31 heavy (non-hydrogen) atoms. The predicted octanol–water partition coefficient (Wildman–Crippen LogP) is 4.74. The Bertz CT molecular complexity index is 1040. The van der Waals surface area contributed by atoms with Gasteiger partial charge in [-0.25, -0.2) is 9.97 Å². The Labute approximate surface area is 182 Å². The summed E-state index contributed by atoms with van der Waals surface area (Å²) in [4.78, 5) is 35.7. The molecule has 0 unspecified atom stereocenters. The van der Waals surface area contributed by atoms with Gasteiger partial charge in [-0.2, -0.15) is 0 Å². The molecule has 1 amide bonds. The van der Waals surface area contributed by atoms with Crippen LogP contribution in [0.5, 0.6) is 5.88 Å². The lowest BCUT2D eigenvalue weighted by atomic mass is 10.0. The lowest BCUT2D eigenvalue weighted by molar-refractivity contribution is -0.120. The second kappa shape index (κ2) is 10.7. The molecule has 0 aliphatic rings. The topological polar surface area (TPSA) is 97.0 Å². The van der Waals surface area contributed by atoms with Gasteiger partial charge in [-0.1, -0.05) is 38.0 Å². The standard InChI is InChI=1S/C24H30N4O3/c1-4-18(30)11-6-5-7-13-21(26-16(2)29)23-25-15-22(27-23)19-14-17-10-8-9-12-20(17)28-24(19)31-3/h8-10,12,14-15,21H,4-7,11,13H2,1-3H3,(H,25,27)(H,26,29)/t21-/m0/s1. The third-order valence-electron chi connectivity index (χ3n) is 5.32. The molecule has 7 nitrogen and oxygen atoms in total. The van der Waals surface area contributed by atoms with Crippen molar-refractivity contribution < 1.29 is 14.3 Å². The third kappa shape index (κ3) is 5.90. The van der Waals surface area contributed by atoms with Crippen molar-refractivity contribution in [3.63, 3.8) is 0 Å². The van der Waals surface area contributed by atoms with Gasteiger partial charge in [-0.3, -0.25) is 9.59 Å². The normalized spacial score (nSPS) is 12.0. The number of benzene rings is 1. The zero-order valence-corrected chi connectivity index (χ0v) is 18.4. The van der Waals surface area contributed by atoms with Crippen molar-refractivity contribution in [1.82, 2.24) is 20.3 Å². The summed E-state index contributed by atoms with van der Waals surface area (Å²) in [6.07, 6.45) is 6.44. The van der Waals surface area contributed by atoms with E-state index in [1.807, 2.05) is 37.3 Å². The van der Waals surface area contributed by atoms with E-state index < -0.39 is 0 Å². The molecule has 0 aliphatic heterocycles. The molecule has 2 N–H and O–H groups in total. The van der Waals surface area contributed by atoms with Gasteiger partial charge in [-0.15, -0.1) is 0 Å². The minimum Gasteiger partial charge on any atom is -0.480 e. The van der Waals surface area contributed by atoms with Crippen LogP contribution in [-0.4, -0.2) is 33.8 Å². The zero-order chi connectivity index (χ0) is 22.2. The minimum atomic E-state index is -0.215. The summed E-state index contributed by atoms with van der Waals surface area (Å²) in [6, 6.07) is 9.68. The van der Waals surface area contributed by atoms with Crippen molar-refractivity contribution in [2.24, 2.45) is 0 Å². The highest BCUT2D eigenvalue weighted by Gasteiger charge is 2.18. The molecular weight excluding hydrogens is 392 g/mol. The second-order valence-corrected chi connectivity index (χ2v) is 7.66. The summed E-state index contributed by atoms with van der Waals surface area (Å²) in [6.45, 7) is 3.40. The lowest BCUT2D eigenvalue weighted by Crippen LogP contribution is -2.27. The third-order valence-corrected chi connectivity index (χ3v) is 5.32. The highest BCUT2D eigenvalue weighted by Crippen LogP contribution is 2.31. The molecule has 3 aromatic rings. The number of ketones is 1. The van der Waals surface area contributed by atoms with Crippen molar-refractivity contribution in [1.29, 1.82) is 0 Å². The van der Waals surface area contributed by atoms with Gasteiger partial charge in [0.2, 0.25) is 11.8 Å². The number of para-hydroxylation sites is 1. The molecule has 0 spiro atoms. The van der Waals surface area contributed by atoms with Gasteiger partial charge in [0.25, 0.3) is 0 Å². The number of Topliss-reactive ketones (excluding diaryl/α,β-unsaturated/α-hetero) is 1.